The molecular formula is C20H21FN4O4. The summed E-state index contributed by atoms with van der Waals surface area (Å²) in [6.07, 6.45) is 3.29. The van der Waals surface area contributed by atoms with Crippen molar-refractivity contribution in [1.29, 1.82) is 0 Å². The number of nitrogens with zero attached hydrogens (tertiary/aromatic N) is 3. The molecule has 1 fully saturated rings. The van der Waals surface area contributed by atoms with Crippen molar-refractivity contribution in [3.8, 4) is 11.3 Å². The Labute approximate surface area is 165 Å². The van der Waals surface area contributed by atoms with Gasteiger partial charge in [0.2, 0.25) is 5.91 Å². The van der Waals surface area contributed by atoms with Gasteiger partial charge in [0.15, 0.2) is 0 Å². The van der Waals surface area contributed by atoms with Gasteiger partial charge in [-0.2, -0.15) is 5.10 Å². The molecule has 0 radical (unpaired) electrons. The van der Waals surface area contributed by atoms with E-state index in [-0.39, 0.29) is 36.4 Å². The molecular weight excluding hydrogens is 379 g/mol. The molecule has 29 heavy (non-hydrogen) atoms. The number of hydrogen-bond donors (Lipinski definition) is 1. The van der Waals surface area contributed by atoms with Crippen LogP contribution in [-0.4, -0.2) is 52.6 Å². The quantitative estimate of drug-likeness (QED) is 0.673. The summed E-state index contributed by atoms with van der Waals surface area (Å²) in [5.74, 6) is -0.493. The Balaban J connectivity index is 1.41. The van der Waals surface area contributed by atoms with Crippen LogP contribution < -0.4 is 10.9 Å². The lowest BCUT2D eigenvalue weighted by atomic mass is 10.1. The van der Waals surface area contributed by atoms with E-state index in [9.17, 15) is 14.0 Å². The van der Waals surface area contributed by atoms with Gasteiger partial charge in [-0.15, -0.1) is 0 Å². The third-order valence-electron chi connectivity index (χ3n) is 4.74. The summed E-state index contributed by atoms with van der Waals surface area (Å²) in [6, 6.07) is 7.58. The number of carbonyl (C=O) groups is 1. The normalized spacial score (nSPS) is 16.8. The Morgan fingerprint density at radius 1 is 1.24 bits per heavy atom. The number of aromatic nitrogens is 3. The summed E-state index contributed by atoms with van der Waals surface area (Å²) in [7, 11) is 0. The summed E-state index contributed by atoms with van der Waals surface area (Å²) >= 11 is 0. The second-order valence-electron chi connectivity index (χ2n) is 6.78. The van der Waals surface area contributed by atoms with Crippen LogP contribution in [0.2, 0.25) is 0 Å². The lowest BCUT2D eigenvalue weighted by Crippen LogP contribution is -2.40. The first-order valence-corrected chi connectivity index (χ1v) is 9.41. The molecule has 1 aliphatic heterocycles. The molecule has 8 nitrogen and oxygen atoms in total. The van der Waals surface area contributed by atoms with Crippen molar-refractivity contribution in [3.63, 3.8) is 0 Å². The maximum absolute atomic E-state index is 13.1. The molecule has 1 atom stereocenters. The molecule has 0 aliphatic carbocycles. The third kappa shape index (κ3) is 4.52. The zero-order valence-corrected chi connectivity index (χ0v) is 15.7. The number of carbonyl (C=O) groups excluding carboxylic acids is 1. The van der Waals surface area contributed by atoms with E-state index in [1.807, 2.05) is 0 Å². The van der Waals surface area contributed by atoms with E-state index in [0.717, 1.165) is 0 Å². The third-order valence-corrected chi connectivity index (χ3v) is 4.74. The number of ether oxygens (including phenoxy) is 2. The van der Waals surface area contributed by atoms with Crippen LogP contribution in [0.4, 0.5) is 4.39 Å². The highest BCUT2D eigenvalue weighted by Gasteiger charge is 2.15. The molecule has 1 amide bonds. The van der Waals surface area contributed by atoms with Crippen molar-refractivity contribution in [2.75, 3.05) is 26.4 Å². The van der Waals surface area contributed by atoms with E-state index in [2.05, 4.69) is 10.4 Å². The number of amides is 1. The predicted octanol–water partition coefficient (Wildman–Crippen LogP) is 1.22. The largest absolute Gasteiger partial charge is 0.376 e. The van der Waals surface area contributed by atoms with E-state index < -0.39 is 0 Å². The smallest absolute Gasteiger partial charge is 0.276 e. The molecule has 0 bridgehead atoms. The number of halogens is 1. The molecule has 2 aromatic heterocycles. The number of fused-ring (bicyclic) bond motifs is 1. The van der Waals surface area contributed by atoms with E-state index in [4.69, 9.17) is 9.47 Å². The minimum atomic E-state index is -0.333. The Hall–Kier alpha value is -3.04. The van der Waals surface area contributed by atoms with Gasteiger partial charge in [-0.3, -0.25) is 9.59 Å². The van der Waals surface area contributed by atoms with Crippen LogP contribution in [0.1, 0.15) is 6.42 Å². The van der Waals surface area contributed by atoms with E-state index in [1.165, 1.54) is 21.2 Å². The molecule has 1 aliphatic rings. The first-order valence-electron chi connectivity index (χ1n) is 9.41. The first kappa shape index (κ1) is 19.3. The van der Waals surface area contributed by atoms with Gasteiger partial charge >= 0.3 is 0 Å². The zero-order chi connectivity index (χ0) is 20.2. The SMILES string of the molecule is O=C(CCn1ccn2nc(-c3ccc(F)cc3)cc2c1=O)NCC1COCCO1. The summed E-state index contributed by atoms with van der Waals surface area (Å²) in [5, 5.41) is 7.17. The molecule has 152 valence electrons. The van der Waals surface area contributed by atoms with Crippen molar-refractivity contribution in [2.45, 2.75) is 19.1 Å². The minimum Gasteiger partial charge on any atom is -0.376 e. The average Bonchev–Trinajstić information content (AvgIpc) is 3.18. The van der Waals surface area contributed by atoms with Gasteiger partial charge in [-0.25, -0.2) is 8.91 Å². The maximum atomic E-state index is 13.1. The van der Waals surface area contributed by atoms with E-state index in [0.29, 0.717) is 43.1 Å². The molecule has 4 rings (SSSR count). The van der Waals surface area contributed by atoms with Crippen LogP contribution in [0.5, 0.6) is 0 Å². The molecule has 1 unspecified atom stereocenters. The molecule has 1 aromatic carbocycles. The van der Waals surface area contributed by atoms with Crippen molar-refractivity contribution < 1.29 is 18.7 Å². The molecule has 3 aromatic rings. The highest BCUT2D eigenvalue weighted by atomic mass is 19.1. The van der Waals surface area contributed by atoms with Crippen LogP contribution in [-0.2, 0) is 20.8 Å². The van der Waals surface area contributed by atoms with Crippen molar-refractivity contribution in [3.05, 3.63) is 58.9 Å². The topological polar surface area (TPSA) is 86.9 Å². The average molecular weight is 400 g/mol. The second kappa shape index (κ2) is 8.54. The van der Waals surface area contributed by atoms with Gasteiger partial charge in [0.05, 0.1) is 31.6 Å². The molecule has 3 heterocycles. The Bertz CT molecular complexity index is 1050. The lowest BCUT2D eigenvalue weighted by Gasteiger charge is -2.23. The van der Waals surface area contributed by atoms with Gasteiger partial charge in [0, 0.05) is 37.5 Å². The standard InChI is InChI=1S/C20H21FN4O4/c21-15-3-1-14(2-4-15)17-11-18-20(27)24(7-8-25(18)23-17)6-5-19(26)22-12-16-13-28-9-10-29-16/h1-4,7-8,11,16H,5-6,9-10,12-13H2,(H,22,26). The van der Waals surface area contributed by atoms with Crippen molar-refractivity contribution >= 4 is 11.4 Å². The molecule has 9 heteroatoms. The fourth-order valence-electron chi connectivity index (χ4n) is 3.16. The van der Waals surface area contributed by atoms with Gasteiger partial charge < -0.3 is 19.4 Å². The molecule has 0 spiro atoms. The minimum absolute atomic E-state index is 0.136. The Morgan fingerprint density at radius 3 is 2.83 bits per heavy atom. The fourth-order valence-corrected chi connectivity index (χ4v) is 3.16. The van der Waals surface area contributed by atoms with Gasteiger partial charge in [0.25, 0.3) is 5.56 Å². The van der Waals surface area contributed by atoms with Crippen LogP contribution in [0.25, 0.3) is 16.8 Å². The Morgan fingerprint density at radius 2 is 2.07 bits per heavy atom. The first-order chi connectivity index (χ1) is 14.1. The van der Waals surface area contributed by atoms with Gasteiger partial charge in [-0.1, -0.05) is 0 Å². The number of hydrogen-bond acceptors (Lipinski definition) is 5. The van der Waals surface area contributed by atoms with Crippen LogP contribution in [0, 0.1) is 5.82 Å². The van der Waals surface area contributed by atoms with Gasteiger partial charge in [-0.05, 0) is 30.3 Å². The lowest BCUT2D eigenvalue weighted by molar-refractivity contribution is -0.124. The Kier molecular flexibility index (Phi) is 5.68. The molecule has 1 saturated heterocycles. The van der Waals surface area contributed by atoms with E-state index >= 15 is 0 Å². The molecule has 1 N–H and O–H groups in total. The molecule has 0 saturated carbocycles. The number of rotatable bonds is 6. The summed E-state index contributed by atoms with van der Waals surface area (Å²) in [4.78, 5) is 24.8. The van der Waals surface area contributed by atoms with Crippen LogP contribution in [0.3, 0.4) is 0 Å². The van der Waals surface area contributed by atoms with Crippen LogP contribution >= 0.6 is 0 Å². The van der Waals surface area contributed by atoms with Gasteiger partial charge in [0.1, 0.15) is 11.3 Å². The van der Waals surface area contributed by atoms with Crippen LogP contribution in [0.15, 0.2) is 47.5 Å². The highest BCUT2D eigenvalue weighted by Crippen LogP contribution is 2.18. The zero-order valence-electron chi connectivity index (χ0n) is 15.7. The summed E-state index contributed by atoms with van der Waals surface area (Å²) in [6.45, 7) is 2.21. The second-order valence-corrected chi connectivity index (χ2v) is 6.78. The number of aryl methyl sites for hydroxylation is 1. The maximum Gasteiger partial charge on any atom is 0.276 e. The number of nitrogens with one attached hydrogen (secondary N) is 1. The van der Waals surface area contributed by atoms with Crippen molar-refractivity contribution in [2.24, 2.45) is 0 Å². The predicted molar refractivity (Wildman–Crippen MR) is 103 cm³/mol. The highest BCUT2D eigenvalue weighted by molar-refractivity contribution is 5.75. The fraction of sp³-hybridized carbons (Fsp3) is 0.350. The van der Waals surface area contributed by atoms with Crippen molar-refractivity contribution in [1.82, 2.24) is 19.5 Å². The summed E-state index contributed by atoms with van der Waals surface area (Å²) in [5.41, 5.74) is 1.44. The monoisotopic (exact) mass is 400 g/mol. The number of benzene rings is 1. The summed E-state index contributed by atoms with van der Waals surface area (Å²) < 4.78 is 26.8. The van der Waals surface area contributed by atoms with E-state index in [1.54, 1.807) is 30.6 Å².